The molecule has 0 aliphatic carbocycles. The van der Waals surface area contributed by atoms with Crippen LogP contribution in [0.5, 0.6) is 0 Å². The van der Waals surface area contributed by atoms with E-state index in [2.05, 4.69) is 10.6 Å². The van der Waals surface area contributed by atoms with Crippen LogP contribution in [0, 0.1) is 5.92 Å². The fourth-order valence-electron chi connectivity index (χ4n) is 4.41. The average molecular weight is 398 g/mol. The minimum Gasteiger partial charge on any atom is -0.383 e. The molecule has 2 amide bonds. The molecule has 0 radical (unpaired) electrons. The van der Waals surface area contributed by atoms with Crippen molar-refractivity contribution in [3.05, 3.63) is 27.7 Å². The molecule has 3 aliphatic heterocycles. The summed E-state index contributed by atoms with van der Waals surface area (Å²) in [6.45, 7) is 2.20. The Morgan fingerprint density at radius 2 is 2.15 bits per heavy atom. The molecule has 0 saturated carbocycles. The molecule has 3 atom stereocenters. The lowest BCUT2D eigenvalue weighted by Gasteiger charge is -2.24. The summed E-state index contributed by atoms with van der Waals surface area (Å²) in [7, 11) is 1.66. The zero-order chi connectivity index (χ0) is 18.5. The molecule has 1 spiro atoms. The number of methoxy groups -OCH3 is 1. The third-order valence-corrected chi connectivity index (χ3v) is 6.50. The molecule has 2 saturated heterocycles. The van der Waals surface area contributed by atoms with E-state index in [0.717, 1.165) is 12.0 Å². The summed E-state index contributed by atoms with van der Waals surface area (Å²) in [5, 5.41) is 7.07. The highest BCUT2D eigenvalue weighted by Crippen LogP contribution is 2.47. The van der Waals surface area contributed by atoms with E-state index in [1.807, 2.05) is 4.90 Å². The highest BCUT2D eigenvalue weighted by atomic mass is 35.5. The van der Waals surface area contributed by atoms with Crippen LogP contribution in [0.15, 0.2) is 12.1 Å². The van der Waals surface area contributed by atoms with Crippen molar-refractivity contribution in [1.82, 2.24) is 10.2 Å². The number of amides is 2. The minimum atomic E-state index is -0.725. The number of ether oxygens (including phenoxy) is 1. The van der Waals surface area contributed by atoms with Crippen molar-refractivity contribution in [1.29, 1.82) is 0 Å². The number of carbonyl (C=O) groups is 2. The first-order valence-electron chi connectivity index (χ1n) is 8.76. The molecule has 1 aromatic rings. The average Bonchev–Trinajstić information content (AvgIpc) is 3.30. The Labute approximate surface area is 162 Å². The van der Waals surface area contributed by atoms with Crippen LogP contribution in [0.25, 0.3) is 0 Å². The Kier molecular flexibility index (Phi) is 4.63. The van der Waals surface area contributed by atoms with Gasteiger partial charge in [-0.2, -0.15) is 0 Å². The first-order valence-corrected chi connectivity index (χ1v) is 9.52. The Morgan fingerprint density at radius 3 is 2.92 bits per heavy atom. The van der Waals surface area contributed by atoms with Crippen molar-refractivity contribution in [2.24, 2.45) is 5.92 Å². The SMILES string of the molecule is COC[C@@H]1C[C@@H](C(=O)N2CC[C@]3(C2)C(=O)Nc2cc(Cl)c(Cl)cc23)CN1. The van der Waals surface area contributed by atoms with Crippen molar-refractivity contribution in [2.45, 2.75) is 24.3 Å². The van der Waals surface area contributed by atoms with E-state index in [4.69, 9.17) is 27.9 Å². The van der Waals surface area contributed by atoms with Gasteiger partial charge in [-0.25, -0.2) is 0 Å². The maximum atomic E-state index is 12.9. The van der Waals surface area contributed by atoms with Gasteiger partial charge < -0.3 is 20.3 Å². The first-order chi connectivity index (χ1) is 12.4. The zero-order valence-corrected chi connectivity index (χ0v) is 16.0. The van der Waals surface area contributed by atoms with Crippen LogP contribution in [0.2, 0.25) is 10.0 Å². The molecule has 6 nitrogen and oxygen atoms in total. The number of rotatable bonds is 3. The predicted octanol–water partition coefficient (Wildman–Crippen LogP) is 2.04. The number of fused-ring (bicyclic) bond motifs is 2. The lowest BCUT2D eigenvalue weighted by Crippen LogP contribution is -2.41. The highest BCUT2D eigenvalue weighted by Gasteiger charge is 2.53. The van der Waals surface area contributed by atoms with Crippen molar-refractivity contribution in [2.75, 3.05) is 38.7 Å². The number of hydrogen-bond acceptors (Lipinski definition) is 4. The highest BCUT2D eigenvalue weighted by molar-refractivity contribution is 6.42. The molecular formula is C18H21Cl2N3O3. The molecule has 1 aromatic carbocycles. The summed E-state index contributed by atoms with van der Waals surface area (Å²) in [6.07, 6.45) is 1.36. The topological polar surface area (TPSA) is 70.7 Å². The number of nitrogens with one attached hydrogen (secondary N) is 2. The van der Waals surface area contributed by atoms with Crippen molar-refractivity contribution in [3.63, 3.8) is 0 Å². The lowest BCUT2D eigenvalue weighted by atomic mass is 9.81. The second-order valence-corrected chi connectivity index (χ2v) is 8.17. The molecule has 0 unspecified atom stereocenters. The van der Waals surface area contributed by atoms with E-state index in [1.54, 1.807) is 19.2 Å². The van der Waals surface area contributed by atoms with E-state index < -0.39 is 5.41 Å². The van der Waals surface area contributed by atoms with Gasteiger partial charge in [0.15, 0.2) is 0 Å². The van der Waals surface area contributed by atoms with Gasteiger partial charge in [0.05, 0.1) is 28.0 Å². The third kappa shape index (κ3) is 2.80. The molecule has 2 fully saturated rings. The smallest absolute Gasteiger partial charge is 0.237 e. The largest absolute Gasteiger partial charge is 0.383 e. The van der Waals surface area contributed by atoms with E-state index in [0.29, 0.717) is 48.4 Å². The van der Waals surface area contributed by atoms with E-state index in [-0.39, 0.29) is 23.8 Å². The van der Waals surface area contributed by atoms with E-state index in [9.17, 15) is 9.59 Å². The van der Waals surface area contributed by atoms with Gasteiger partial charge in [0.25, 0.3) is 0 Å². The summed E-state index contributed by atoms with van der Waals surface area (Å²) in [5.41, 5.74) is 0.812. The van der Waals surface area contributed by atoms with Gasteiger partial charge in [-0.05, 0) is 30.5 Å². The number of carbonyl (C=O) groups excluding carboxylic acids is 2. The Bertz CT molecular complexity index is 772. The normalized spacial score (nSPS) is 30.1. The fraction of sp³-hybridized carbons (Fsp3) is 0.556. The lowest BCUT2D eigenvalue weighted by molar-refractivity contribution is -0.134. The fourth-order valence-corrected chi connectivity index (χ4v) is 4.73. The predicted molar refractivity (Wildman–Crippen MR) is 99.7 cm³/mol. The number of likely N-dealkylation sites (tertiary alicyclic amines) is 1. The Hall–Kier alpha value is -1.34. The molecule has 8 heteroatoms. The number of nitrogens with zero attached hydrogens (tertiary/aromatic N) is 1. The molecule has 0 bridgehead atoms. The number of benzene rings is 1. The molecule has 140 valence electrons. The summed E-state index contributed by atoms with van der Waals surface area (Å²) in [4.78, 5) is 27.5. The molecule has 2 N–H and O–H groups in total. The van der Waals surface area contributed by atoms with Crippen LogP contribution >= 0.6 is 23.2 Å². The van der Waals surface area contributed by atoms with Gasteiger partial charge in [-0.3, -0.25) is 9.59 Å². The summed E-state index contributed by atoms with van der Waals surface area (Å²) < 4.78 is 5.17. The van der Waals surface area contributed by atoms with Gasteiger partial charge >= 0.3 is 0 Å². The van der Waals surface area contributed by atoms with Crippen molar-refractivity contribution >= 4 is 40.7 Å². The second kappa shape index (κ2) is 6.68. The molecule has 0 aromatic heterocycles. The number of anilines is 1. The van der Waals surface area contributed by atoms with Gasteiger partial charge in [-0.15, -0.1) is 0 Å². The van der Waals surface area contributed by atoms with Crippen LogP contribution in [0.1, 0.15) is 18.4 Å². The Morgan fingerprint density at radius 1 is 1.38 bits per heavy atom. The van der Waals surface area contributed by atoms with Crippen LogP contribution < -0.4 is 10.6 Å². The van der Waals surface area contributed by atoms with Crippen molar-refractivity contribution in [3.8, 4) is 0 Å². The standard InChI is InChI=1S/C18H21Cl2N3O3/c1-26-8-11-4-10(7-21-11)16(24)23-3-2-18(9-23)12-5-13(19)14(20)6-15(12)22-17(18)25/h5-6,10-11,21H,2-4,7-9H2,1H3,(H,22,25)/t10-,11+,18-/m1/s1. The molecule has 3 heterocycles. The minimum absolute atomic E-state index is 0.0666. The van der Waals surface area contributed by atoms with Gasteiger partial charge in [-0.1, -0.05) is 23.2 Å². The van der Waals surface area contributed by atoms with Crippen LogP contribution in [-0.4, -0.2) is 56.1 Å². The Balaban J connectivity index is 1.53. The van der Waals surface area contributed by atoms with Gasteiger partial charge in [0, 0.05) is 38.5 Å². The van der Waals surface area contributed by atoms with E-state index >= 15 is 0 Å². The molecule has 26 heavy (non-hydrogen) atoms. The van der Waals surface area contributed by atoms with Gasteiger partial charge in [0.2, 0.25) is 11.8 Å². The molecular weight excluding hydrogens is 377 g/mol. The summed E-state index contributed by atoms with van der Waals surface area (Å²) in [6, 6.07) is 3.66. The van der Waals surface area contributed by atoms with Crippen LogP contribution in [0.4, 0.5) is 5.69 Å². The molecule has 4 rings (SSSR count). The second-order valence-electron chi connectivity index (χ2n) is 7.35. The maximum Gasteiger partial charge on any atom is 0.237 e. The third-order valence-electron chi connectivity index (χ3n) is 5.78. The van der Waals surface area contributed by atoms with Crippen molar-refractivity contribution < 1.29 is 14.3 Å². The number of halogens is 2. The van der Waals surface area contributed by atoms with E-state index in [1.165, 1.54) is 0 Å². The summed E-state index contributed by atoms with van der Waals surface area (Å²) >= 11 is 12.3. The molecule has 3 aliphatic rings. The first kappa shape index (κ1) is 18.0. The van der Waals surface area contributed by atoms with Gasteiger partial charge in [0.1, 0.15) is 0 Å². The van der Waals surface area contributed by atoms with Crippen LogP contribution in [-0.2, 0) is 19.7 Å². The zero-order valence-electron chi connectivity index (χ0n) is 14.5. The summed E-state index contributed by atoms with van der Waals surface area (Å²) in [5.74, 6) is -0.0414. The maximum absolute atomic E-state index is 12.9. The quantitative estimate of drug-likeness (QED) is 0.818. The monoisotopic (exact) mass is 397 g/mol. The van der Waals surface area contributed by atoms with Crippen LogP contribution in [0.3, 0.4) is 0 Å². The number of hydrogen-bond donors (Lipinski definition) is 2.